The van der Waals surface area contributed by atoms with Crippen LogP contribution in [-0.4, -0.2) is 39.3 Å². The summed E-state index contributed by atoms with van der Waals surface area (Å²) in [4.78, 5) is 19.2. The highest BCUT2D eigenvalue weighted by Crippen LogP contribution is 1.89. The summed E-state index contributed by atoms with van der Waals surface area (Å²) < 4.78 is 14.7. The van der Waals surface area contributed by atoms with Crippen molar-refractivity contribution in [3.05, 3.63) is 24.3 Å². The maximum atomic E-state index is 11.2. The fraction of sp³-hybridized carbons (Fsp3) is 0.444. The van der Waals surface area contributed by atoms with Crippen LogP contribution >= 0.6 is 0 Å². The Bertz CT molecular complexity index is 458. The molecule has 7 heteroatoms. The third-order valence-electron chi connectivity index (χ3n) is 1.55. The molecule has 2 amide bonds. The van der Waals surface area contributed by atoms with Crippen LogP contribution in [0.2, 0.25) is 0 Å². The first-order valence-electron chi connectivity index (χ1n) is 4.68. The standard InChI is InChI=1S/C9H14N4O2S/c1-16(2,15)13-9(14)12-7-4-8-10-5-3-6-11-8/h3,5-6H,4,7H2,1-2H3,(H,12,14). The van der Waals surface area contributed by atoms with Crippen LogP contribution < -0.4 is 5.32 Å². The fourth-order valence-corrected chi connectivity index (χ4v) is 1.44. The van der Waals surface area contributed by atoms with Crippen LogP contribution in [0.1, 0.15) is 5.82 Å². The van der Waals surface area contributed by atoms with Gasteiger partial charge in [0.1, 0.15) is 5.82 Å². The Morgan fingerprint density at radius 1 is 1.44 bits per heavy atom. The molecule has 1 rings (SSSR count). The van der Waals surface area contributed by atoms with Crippen molar-refractivity contribution in [1.29, 1.82) is 0 Å². The molecule has 0 saturated heterocycles. The lowest BCUT2D eigenvalue weighted by molar-refractivity contribution is 0.249. The molecular weight excluding hydrogens is 228 g/mol. The number of aromatic nitrogens is 2. The lowest BCUT2D eigenvalue weighted by atomic mass is 10.4. The number of nitrogens with one attached hydrogen (secondary N) is 1. The first kappa shape index (κ1) is 12.6. The van der Waals surface area contributed by atoms with Crippen molar-refractivity contribution in [2.45, 2.75) is 6.42 Å². The summed E-state index contributed by atoms with van der Waals surface area (Å²) in [5, 5.41) is 2.52. The molecule has 0 unspecified atom stereocenters. The van der Waals surface area contributed by atoms with E-state index in [1.807, 2.05) is 0 Å². The quantitative estimate of drug-likeness (QED) is 0.834. The second-order valence-corrected chi connectivity index (χ2v) is 5.96. The lowest BCUT2D eigenvalue weighted by Crippen LogP contribution is -2.23. The topological polar surface area (TPSA) is 84.3 Å². The zero-order valence-corrected chi connectivity index (χ0v) is 10.0. The number of amides is 2. The molecule has 0 atom stereocenters. The molecule has 1 aromatic rings. The van der Waals surface area contributed by atoms with E-state index in [1.165, 1.54) is 12.5 Å². The summed E-state index contributed by atoms with van der Waals surface area (Å²) in [6.07, 6.45) is 6.62. The van der Waals surface area contributed by atoms with Gasteiger partial charge in [-0.1, -0.05) is 0 Å². The number of carbonyl (C=O) groups is 1. The van der Waals surface area contributed by atoms with Crippen LogP contribution in [0.5, 0.6) is 0 Å². The minimum absolute atomic E-state index is 0.377. The molecule has 1 N–H and O–H groups in total. The van der Waals surface area contributed by atoms with Crippen LogP contribution in [0.25, 0.3) is 0 Å². The van der Waals surface area contributed by atoms with Gasteiger partial charge in [-0.25, -0.2) is 19.0 Å². The van der Waals surface area contributed by atoms with Gasteiger partial charge in [0, 0.05) is 37.9 Å². The molecular formula is C9H14N4O2S. The van der Waals surface area contributed by atoms with Crippen molar-refractivity contribution in [1.82, 2.24) is 15.3 Å². The average Bonchev–Trinajstić information content (AvgIpc) is 2.16. The monoisotopic (exact) mass is 242 g/mol. The van der Waals surface area contributed by atoms with Crippen molar-refractivity contribution in [3.63, 3.8) is 0 Å². The van der Waals surface area contributed by atoms with E-state index >= 15 is 0 Å². The van der Waals surface area contributed by atoms with Gasteiger partial charge in [0.05, 0.1) is 9.73 Å². The van der Waals surface area contributed by atoms with E-state index < -0.39 is 15.8 Å². The van der Waals surface area contributed by atoms with Crippen molar-refractivity contribution >= 4 is 15.8 Å². The predicted molar refractivity (Wildman–Crippen MR) is 61.6 cm³/mol. The Balaban J connectivity index is 2.38. The van der Waals surface area contributed by atoms with E-state index in [0.717, 1.165) is 0 Å². The highest BCUT2D eigenvalue weighted by atomic mass is 32.2. The van der Waals surface area contributed by atoms with Crippen molar-refractivity contribution < 1.29 is 9.00 Å². The van der Waals surface area contributed by atoms with Crippen LogP contribution in [0.3, 0.4) is 0 Å². The zero-order valence-electron chi connectivity index (χ0n) is 9.21. The number of hydrogen-bond acceptors (Lipinski definition) is 4. The Morgan fingerprint density at radius 3 is 2.62 bits per heavy atom. The highest BCUT2D eigenvalue weighted by Gasteiger charge is 2.01. The van der Waals surface area contributed by atoms with E-state index in [4.69, 9.17) is 0 Å². The smallest absolute Gasteiger partial charge is 0.335 e. The molecule has 0 aliphatic rings. The van der Waals surface area contributed by atoms with Gasteiger partial charge in [-0.2, -0.15) is 0 Å². The average molecular weight is 242 g/mol. The molecule has 1 aromatic heterocycles. The van der Waals surface area contributed by atoms with Crippen molar-refractivity contribution in [2.24, 2.45) is 4.36 Å². The van der Waals surface area contributed by atoms with E-state index in [0.29, 0.717) is 18.8 Å². The molecule has 0 fully saturated rings. The summed E-state index contributed by atoms with van der Waals surface area (Å²) in [6, 6.07) is 1.16. The Kier molecular flexibility index (Phi) is 4.36. The molecule has 0 spiro atoms. The summed E-state index contributed by atoms with van der Waals surface area (Å²) in [5.41, 5.74) is 0. The lowest BCUT2D eigenvalue weighted by Gasteiger charge is -2.01. The minimum Gasteiger partial charge on any atom is -0.335 e. The predicted octanol–water partition coefficient (Wildman–Crippen LogP) is 0.456. The van der Waals surface area contributed by atoms with Gasteiger partial charge in [0.2, 0.25) is 0 Å². The highest BCUT2D eigenvalue weighted by molar-refractivity contribution is 7.92. The largest absolute Gasteiger partial charge is 0.349 e. The maximum Gasteiger partial charge on any atom is 0.349 e. The van der Waals surface area contributed by atoms with Gasteiger partial charge in [0.25, 0.3) is 0 Å². The number of urea groups is 1. The van der Waals surface area contributed by atoms with Crippen LogP contribution in [0.15, 0.2) is 22.8 Å². The SMILES string of the molecule is CS(C)(=O)=NC(=O)NCCc1ncccn1. The molecule has 6 nitrogen and oxygen atoms in total. The van der Waals surface area contributed by atoms with Crippen LogP contribution in [0, 0.1) is 0 Å². The summed E-state index contributed by atoms with van der Waals surface area (Å²) in [7, 11) is -2.39. The maximum absolute atomic E-state index is 11.2. The van der Waals surface area contributed by atoms with Gasteiger partial charge < -0.3 is 5.32 Å². The first-order chi connectivity index (χ1) is 7.47. The van der Waals surface area contributed by atoms with E-state index in [9.17, 15) is 9.00 Å². The normalized spacial score (nSPS) is 10.9. The molecule has 88 valence electrons. The van der Waals surface area contributed by atoms with E-state index in [2.05, 4.69) is 19.6 Å². The first-order valence-corrected chi connectivity index (χ1v) is 7.01. The van der Waals surface area contributed by atoms with Crippen molar-refractivity contribution in [2.75, 3.05) is 19.1 Å². The second kappa shape index (κ2) is 5.55. The zero-order chi connectivity index (χ0) is 12.0. The molecule has 0 saturated carbocycles. The molecule has 0 radical (unpaired) electrons. The Hall–Kier alpha value is -1.50. The van der Waals surface area contributed by atoms with Gasteiger partial charge in [0.15, 0.2) is 0 Å². The number of rotatable bonds is 3. The molecule has 1 heterocycles. The summed E-state index contributed by atoms with van der Waals surface area (Å²) >= 11 is 0. The number of nitrogens with zero attached hydrogens (tertiary/aromatic N) is 3. The molecule has 0 aromatic carbocycles. The van der Waals surface area contributed by atoms with Gasteiger partial charge in [-0.15, -0.1) is 4.36 Å². The summed E-state index contributed by atoms with van der Waals surface area (Å²) in [5.74, 6) is 0.650. The molecule has 0 aliphatic heterocycles. The second-order valence-electron chi connectivity index (χ2n) is 3.42. The van der Waals surface area contributed by atoms with Gasteiger partial charge >= 0.3 is 6.03 Å². The van der Waals surface area contributed by atoms with Crippen LogP contribution in [-0.2, 0) is 16.1 Å². The minimum atomic E-state index is -2.39. The third-order valence-corrected chi connectivity index (χ3v) is 2.15. The number of hydrogen-bond donors (Lipinski definition) is 1. The molecule has 0 aliphatic carbocycles. The number of carbonyl (C=O) groups excluding carboxylic acids is 1. The van der Waals surface area contributed by atoms with Gasteiger partial charge in [-0.3, -0.25) is 0 Å². The Morgan fingerprint density at radius 2 is 2.06 bits per heavy atom. The van der Waals surface area contributed by atoms with Crippen molar-refractivity contribution in [3.8, 4) is 0 Å². The van der Waals surface area contributed by atoms with E-state index in [1.54, 1.807) is 18.5 Å². The molecule has 0 bridgehead atoms. The fourth-order valence-electron chi connectivity index (χ4n) is 0.972. The third kappa shape index (κ3) is 5.40. The Labute approximate surface area is 94.7 Å². The van der Waals surface area contributed by atoms with Gasteiger partial charge in [-0.05, 0) is 6.07 Å². The van der Waals surface area contributed by atoms with E-state index in [-0.39, 0.29) is 0 Å². The van der Waals surface area contributed by atoms with Crippen LogP contribution in [0.4, 0.5) is 4.79 Å². The molecule has 16 heavy (non-hydrogen) atoms. The summed E-state index contributed by atoms with van der Waals surface area (Å²) in [6.45, 7) is 0.377.